The average Bonchev–Trinajstić information content (AvgIpc) is 3.65. The Morgan fingerprint density at radius 1 is 1.24 bits per heavy atom. The highest BCUT2D eigenvalue weighted by molar-refractivity contribution is 9.10. The number of rotatable bonds is 8. The Bertz CT molecular complexity index is 1910. The number of aromatic nitrogens is 3. The Balaban J connectivity index is 1.47. The smallest absolute Gasteiger partial charge is 0.338 e. The first-order valence-corrected chi connectivity index (χ1v) is 15.7. The second kappa shape index (κ2) is 11.9. The van der Waals surface area contributed by atoms with Crippen LogP contribution in [0.25, 0.3) is 6.08 Å². The number of ether oxygens (including phenoxy) is 3. The lowest BCUT2D eigenvalue weighted by Crippen LogP contribution is -2.40. The first-order chi connectivity index (χ1) is 20.4. The van der Waals surface area contributed by atoms with Gasteiger partial charge in [0.25, 0.3) is 5.56 Å². The molecule has 0 saturated carbocycles. The average molecular weight is 670 g/mol. The van der Waals surface area contributed by atoms with Crippen LogP contribution in [0.5, 0.6) is 11.5 Å². The largest absolute Gasteiger partial charge is 0.463 e. The van der Waals surface area contributed by atoms with Gasteiger partial charge in [-0.2, -0.15) is 0 Å². The molecule has 0 spiro atoms. The minimum absolute atomic E-state index is 0.109. The predicted molar refractivity (Wildman–Crippen MR) is 159 cm³/mol. The highest BCUT2D eigenvalue weighted by Crippen LogP contribution is 2.39. The molecule has 0 N–H and O–H groups in total. The van der Waals surface area contributed by atoms with Crippen LogP contribution < -0.4 is 24.4 Å². The number of nitrogens with zero attached hydrogens (tertiary/aromatic N) is 4. The van der Waals surface area contributed by atoms with Crippen molar-refractivity contribution in [3.8, 4) is 11.5 Å². The first-order valence-electron chi connectivity index (χ1n) is 13.2. The molecule has 216 valence electrons. The van der Waals surface area contributed by atoms with Gasteiger partial charge in [0.1, 0.15) is 5.76 Å². The van der Waals surface area contributed by atoms with Crippen LogP contribution in [-0.2, 0) is 9.53 Å². The molecule has 0 amide bonds. The van der Waals surface area contributed by atoms with Crippen LogP contribution in [0.15, 0.2) is 76.7 Å². The van der Waals surface area contributed by atoms with E-state index in [1.54, 1.807) is 42.0 Å². The maximum Gasteiger partial charge on any atom is 0.338 e. The zero-order valence-electron chi connectivity index (χ0n) is 22.9. The molecule has 10 nitrogen and oxygen atoms in total. The summed E-state index contributed by atoms with van der Waals surface area (Å²) < 4.78 is 25.3. The number of thiazole rings is 1. The maximum atomic E-state index is 14.0. The van der Waals surface area contributed by atoms with Gasteiger partial charge < -0.3 is 18.6 Å². The molecule has 1 atom stereocenters. The zero-order valence-corrected chi connectivity index (χ0v) is 26.1. The molecule has 4 aromatic rings. The van der Waals surface area contributed by atoms with Crippen LogP contribution >= 0.6 is 39.0 Å². The Kier molecular flexibility index (Phi) is 8.06. The first kappa shape index (κ1) is 28.4. The van der Waals surface area contributed by atoms with Crippen LogP contribution in [0.4, 0.5) is 0 Å². The van der Waals surface area contributed by atoms with E-state index in [0.717, 1.165) is 12.1 Å². The van der Waals surface area contributed by atoms with Crippen molar-refractivity contribution < 1.29 is 23.4 Å². The van der Waals surface area contributed by atoms with Gasteiger partial charge in [0.2, 0.25) is 6.79 Å². The van der Waals surface area contributed by atoms with E-state index in [1.165, 1.54) is 23.1 Å². The lowest BCUT2D eigenvalue weighted by Gasteiger charge is -2.25. The Morgan fingerprint density at radius 2 is 2.07 bits per heavy atom. The van der Waals surface area contributed by atoms with Crippen LogP contribution in [0.2, 0.25) is 0 Å². The quantitative estimate of drug-likeness (QED) is 0.191. The molecule has 0 aliphatic carbocycles. The molecule has 0 radical (unpaired) electrons. The van der Waals surface area contributed by atoms with Gasteiger partial charge >= 0.3 is 5.97 Å². The fourth-order valence-corrected chi connectivity index (χ4v) is 7.03. The van der Waals surface area contributed by atoms with Crippen molar-refractivity contribution in [2.75, 3.05) is 13.4 Å². The number of allylic oxidation sites excluding steroid dienone is 1. The van der Waals surface area contributed by atoms with E-state index < -0.39 is 12.0 Å². The van der Waals surface area contributed by atoms with Crippen molar-refractivity contribution in [1.29, 1.82) is 0 Å². The van der Waals surface area contributed by atoms with Gasteiger partial charge in [-0.3, -0.25) is 9.36 Å². The normalized spacial score (nSPS) is 16.0. The number of carbonyl (C=O) groups is 1. The van der Waals surface area contributed by atoms with Gasteiger partial charge in [-0.15, -0.1) is 0 Å². The molecule has 2 aliphatic heterocycles. The highest BCUT2D eigenvalue weighted by atomic mass is 79.9. The lowest BCUT2D eigenvalue weighted by molar-refractivity contribution is -0.139. The lowest BCUT2D eigenvalue weighted by atomic mass is 9.94. The number of benzene rings is 1. The summed E-state index contributed by atoms with van der Waals surface area (Å²) in [5.41, 5.74) is 2.18. The van der Waals surface area contributed by atoms with E-state index >= 15 is 0 Å². The summed E-state index contributed by atoms with van der Waals surface area (Å²) in [7, 11) is 0. The number of aryl methyl sites for hydroxylation is 1. The standard InChI is InChI=1S/C29H25BrN4O6S2/c1-4-6-19-23(26(36)37-5-2)24(16-7-8-20-21(11-16)39-14-38-20)34-25(35)22(41-29(34)33-19)13-17-12-18(30)27(40-17)42-28-31-10-9-15(3)32-28/h7-13,24H,4-6,14H2,1-3H3/b22-13+/t24-/m1/s1. The summed E-state index contributed by atoms with van der Waals surface area (Å²) >= 11 is 6.06. The summed E-state index contributed by atoms with van der Waals surface area (Å²) in [6.45, 7) is 5.97. The van der Waals surface area contributed by atoms with E-state index in [-0.39, 0.29) is 19.0 Å². The molecule has 13 heteroatoms. The zero-order chi connectivity index (χ0) is 29.4. The van der Waals surface area contributed by atoms with Gasteiger partial charge in [0, 0.05) is 18.0 Å². The third kappa shape index (κ3) is 5.43. The highest BCUT2D eigenvalue weighted by Gasteiger charge is 2.35. The molecular weight excluding hydrogens is 644 g/mol. The van der Waals surface area contributed by atoms with Crippen molar-refractivity contribution >= 4 is 51.1 Å². The van der Waals surface area contributed by atoms with E-state index in [2.05, 4.69) is 25.9 Å². The van der Waals surface area contributed by atoms with E-state index in [4.69, 9.17) is 23.6 Å². The molecule has 1 aromatic carbocycles. The topological polar surface area (TPSA) is 118 Å². The third-order valence-electron chi connectivity index (χ3n) is 6.51. The molecule has 0 saturated heterocycles. The van der Waals surface area contributed by atoms with Crippen LogP contribution in [-0.4, -0.2) is 33.9 Å². The molecule has 0 fully saturated rings. The van der Waals surface area contributed by atoms with Crippen molar-refractivity contribution in [1.82, 2.24) is 14.5 Å². The molecule has 0 bridgehead atoms. The molecule has 6 rings (SSSR count). The number of hydrogen-bond donors (Lipinski definition) is 0. The second-order valence-corrected chi connectivity index (χ2v) is 12.2. The summed E-state index contributed by atoms with van der Waals surface area (Å²) in [4.78, 5) is 41.4. The molecular formula is C29H25BrN4O6S2. The number of halogens is 1. The van der Waals surface area contributed by atoms with E-state index in [9.17, 15) is 9.59 Å². The Labute approximate surface area is 256 Å². The number of hydrogen-bond acceptors (Lipinski definition) is 11. The van der Waals surface area contributed by atoms with Gasteiger partial charge in [-0.1, -0.05) is 30.7 Å². The number of fused-ring (bicyclic) bond motifs is 2. The molecule has 3 aromatic heterocycles. The number of esters is 1. The van der Waals surface area contributed by atoms with Gasteiger partial charge in [0.05, 0.1) is 32.9 Å². The van der Waals surface area contributed by atoms with Crippen molar-refractivity contribution in [3.05, 3.63) is 89.0 Å². The van der Waals surface area contributed by atoms with Crippen molar-refractivity contribution in [3.63, 3.8) is 0 Å². The molecule has 0 unspecified atom stereocenters. The van der Waals surface area contributed by atoms with Crippen LogP contribution in [0, 0.1) is 6.92 Å². The van der Waals surface area contributed by atoms with E-state index in [1.807, 2.05) is 26.0 Å². The fraction of sp³-hybridized carbons (Fsp3) is 0.276. The molecule has 2 aliphatic rings. The Morgan fingerprint density at radius 3 is 2.86 bits per heavy atom. The summed E-state index contributed by atoms with van der Waals surface area (Å²) in [5.74, 6) is 1.13. The summed E-state index contributed by atoms with van der Waals surface area (Å²) in [5, 5.41) is 1.11. The second-order valence-electron chi connectivity index (χ2n) is 9.39. The number of furan rings is 1. The Hall–Kier alpha value is -3.68. The maximum absolute atomic E-state index is 14.0. The van der Waals surface area contributed by atoms with Gasteiger partial charge in [0.15, 0.2) is 26.5 Å². The van der Waals surface area contributed by atoms with E-state index in [0.29, 0.717) is 64.6 Å². The van der Waals surface area contributed by atoms with Crippen molar-refractivity contribution in [2.45, 2.75) is 49.9 Å². The third-order valence-corrected chi connectivity index (χ3v) is 9.21. The monoisotopic (exact) mass is 668 g/mol. The van der Waals surface area contributed by atoms with Gasteiger partial charge in [-0.05, 0) is 77.8 Å². The number of carbonyl (C=O) groups excluding carboxylic acids is 1. The molecule has 5 heterocycles. The van der Waals surface area contributed by atoms with Crippen LogP contribution in [0.1, 0.15) is 49.7 Å². The minimum atomic E-state index is -0.758. The molecule has 42 heavy (non-hydrogen) atoms. The van der Waals surface area contributed by atoms with Crippen LogP contribution in [0.3, 0.4) is 0 Å². The van der Waals surface area contributed by atoms with Gasteiger partial charge in [-0.25, -0.2) is 19.8 Å². The predicted octanol–water partition coefficient (Wildman–Crippen LogP) is 4.91. The van der Waals surface area contributed by atoms with Crippen molar-refractivity contribution in [2.24, 2.45) is 4.99 Å². The minimum Gasteiger partial charge on any atom is -0.463 e. The summed E-state index contributed by atoms with van der Waals surface area (Å²) in [6, 6.07) is 8.28. The SMILES string of the molecule is CCCC1=C(C(=O)OCC)[C@@H](c2ccc3c(c2)OCO3)n2c(s/c(=C/c3cc(Br)c(Sc4nccc(C)n4)o3)c2=O)=N1. The summed E-state index contributed by atoms with van der Waals surface area (Å²) in [6.07, 6.45) is 4.68. The fourth-order valence-electron chi connectivity index (χ4n) is 4.72.